The molecule has 1 atom stereocenters. The molecule has 0 spiro atoms. The first-order valence-electron chi connectivity index (χ1n) is 5.84. The van der Waals surface area contributed by atoms with Gasteiger partial charge in [0.2, 0.25) is 0 Å². The molecule has 1 amide bonds. The molecule has 18 heavy (non-hydrogen) atoms. The Morgan fingerprint density at radius 2 is 2.06 bits per heavy atom. The Bertz CT molecular complexity index is 375. The molecular weight excluding hydrogens is 232 g/mol. The van der Waals surface area contributed by atoms with Crippen molar-refractivity contribution >= 4 is 6.09 Å². The summed E-state index contributed by atoms with van der Waals surface area (Å²) in [6.45, 7) is 6.26. The number of hydrogen-bond donors (Lipinski definition) is 2. The molecule has 0 aromatic carbocycles. The van der Waals surface area contributed by atoms with Crippen LogP contribution in [0.15, 0.2) is 18.7 Å². The first kappa shape index (κ1) is 14.4. The number of nitrogens with one attached hydrogen (secondary N) is 1. The number of aromatic nitrogens is 2. The average Bonchev–Trinajstić information content (AvgIpc) is 2.29. The van der Waals surface area contributed by atoms with Gasteiger partial charge in [0.1, 0.15) is 11.9 Å². The molecule has 1 heterocycles. The molecule has 6 nitrogen and oxygen atoms in total. The van der Waals surface area contributed by atoms with E-state index in [0.29, 0.717) is 13.1 Å². The van der Waals surface area contributed by atoms with Gasteiger partial charge in [-0.1, -0.05) is 0 Å². The lowest BCUT2D eigenvalue weighted by Gasteiger charge is -2.21. The Kier molecular flexibility index (Phi) is 5.03. The first-order chi connectivity index (χ1) is 8.42. The lowest BCUT2D eigenvalue weighted by atomic mass is 10.0. The summed E-state index contributed by atoms with van der Waals surface area (Å²) < 4.78 is 5.15. The van der Waals surface area contributed by atoms with Crippen LogP contribution in [0.25, 0.3) is 0 Å². The smallest absolute Gasteiger partial charge is 0.407 e. The highest BCUT2D eigenvalue weighted by atomic mass is 16.6. The van der Waals surface area contributed by atoms with E-state index in [9.17, 15) is 4.79 Å². The number of alkyl carbamates (subject to hydrolysis) is 1. The summed E-state index contributed by atoms with van der Waals surface area (Å²) in [5.74, 6) is -0.0151. The molecule has 1 aromatic rings. The van der Waals surface area contributed by atoms with Crippen LogP contribution >= 0.6 is 0 Å². The Morgan fingerprint density at radius 1 is 1.44 bits per heavy atom. The van der Waals surface area contributed by atoms with Gasteiger partial charge in [0.05, 0.1) is 0 Å². The Labute approximate surface area is 107 Å². The maximum absolute atomic E-state index is 11.5. The number of carbonyl (C=O) groups is 1. The van der Waals surface area contributed by atoms with Crippen molar-refractivity contribution in [2.24, 2.45) is 5.73 Å². The van der Waals surface area contributed by atoms with Gasteiger partial charge in [-0.05, 0) is 26.3 Å². The van der Waals surface area contributed by atoms with Crippen molar-refractivity contribution in [3.05, 3.63) is 24.3 Å². The van der Waals surface area contributed by atoms with Crippen LogP contribution in [0.4, 0.5) is 4.79 Å². The van der Waals surface area contributed by atoms with Crippen molar-refractivity contribution in [3.63, 3.8) is 0 Å². The third-order valence-electron chi connectivity index (χ3n) is 2.23. The molecule has 0 aliphatic heterocycles. The van der Waals surface area contributed by atoms with Crippen LogP contribution in [0.5, 0.6) is 0 Å². The number of amides is 1. The Hall–Kier alpha value is -1.69. The molecule has 100 valence electrons. The number of nitrogens with two attached hydrogens (primary N) is 1. The SMILES string of the molecule is CC(C)(C)OC(=O)NCC(CN)c1cncnc1. The molecule has 0 aliphatic rings. The third kappa shape index (κ3) is 5.09. The molecule has 1 unspecified atom stereocenters. The summed E-state index contributed by atoms with van der Waals surface area (Å²) in [5, 5.41) is 2.69. The second kappa shape index (κ2) is 6.30. The van der Waals surface area contributed by atoms with E-state index < -0.39 is 11.7 Å². The minimum atomic E-state index is -0.502. The molecule has 0 radical (unpaired) electrons. The monoisotopic (exact) mass is 252 g/mol. The average molecular weight is 252 g/mol. The number of rotatable bonds is 4. The zero-order chi connectivity index (χ0) is 13.6. The largest absolute Gasteiger partial charge is 0.444 e. The van der Waals surface area contributed by atoms with Gasteiger partial charge in [-0.2, -0.15) is 0 Å². The molecule has 3 N–H and O–H groups in total. The first-order valence-corrected chi connectivity index (χ1v) is 5.84. The van der Waals surface area contributed by atoms with Gasteiger partial charge in [-0.3, -0.25) is 0 Å². The number of nitrogens with zero attached hydrogens (tertiary/aromatic N) is 2. The fraction of sp³-hybridized carbons (Fsp3) is 0.583. The number of hydrogen-bond acceptors (Lipinski definition) is 5. The summed E-state index contributed by atoms with van der Waals surface area (Å²) in [6, 6.07) is 0. The van der Waals surface area contributed by atoms with E-state index in [-0.39, 0.29) is 5.92 Å². The Balaban J connectivity index is 2.48. The van der Waals surface area contributed by atoms with Crippen LogP contribution in [0.1, 0.15) is 32.3 Å². The van der Waals surface area contributed by atoms with E-state index in [0.717, 1.165) is 5.56 Å². The highest BCUT2D eigenvalue weighted by molar-refractivity contribution is 5.67. The van der Waals surface area contributed by atoms with Crippen molar-refractivity contribution in [1.29, 1.82) is 0 Å². The quantitative estimate of drug-likeness (QED) is 0.835. The molecule has 0 aliphatic carbocycles. The molecular formula is C12H20N4O2. The fourth-order valence-corrected chi connectivity index (χ4v) is 1.38. The fourth-order valence-electron chi connectivity index (χ4n) is 1.38. The van der Waals surface area contributed by atoms with Gasteiger partial charge in [-0.25, -0.2) is 14.8 Å². The molecule has 1 rings (SSSR count). The van der Waals surface area contributed by atoms with Crippen LogP contribution in [0.2, 0.25) is 0 Å². The topological polar surface area (TPSA) is 90.1 Å². The third-order valence-corrected chi connectivity index (χ3v) is 2.23. The van der Waals surface area contributed by atoms with Crippen LogP contribution in [0.3, 0.4) is 0 Å². The van der Waals surface area contributed by atoms with Gasteiger partial charge in [0.15, 0.2) is 0 Å². The van der Waals surface area contributed by atoms with Gasteiger partial charge in [0, 0.05) is 31.4 Å². The summed E-state index contributed by atoms with van der Waals surface area (Å²) in [7, 11) is 0. The highest BCUT2D eigenvalue weighted by Crippen LogP contribution is 2.11. The van der Waals surface area contributed by atoms with Crippen LogP contribution in [0, 0.1) is 0 Å². The maximum atomic E-state index is 11.5. The van der Waals surface area contributed by atoms with Crippen LogP contribution in [-0.2, 0) is 4.74 Å². The lowest BCUT2D eigenvalue weighted by molar-refractivity contribution is 0.0525. The zero-order valence-electron chi connectivity index (χ0n) is 11.0. The summed E-state index contributed by atoms with van der Waals surface area (Å²) in [4.78, 5) is 19.4. The minimum Gasteiger partial charge on any atom is -0.444 e. The zero-order valence-corrected chi connectivity index (χ0v) is 11.0. The van der Waals surface area contributed by atoms with E-state index in [1.807, 2.05) is 20.8 Å². The molecule has 0 fully saturated rings. The van der Waals surface area contributed by atoms with E-state index in [1.54, 1.807) is 12.4 Å². The normalized spacial score (nSPS) is 12.9. The second-order valence-corrected chi connectivity index (χ2v) is 4.99. The van der Waals surface area contributed by atoms with E-state index >= 15 is 0 Å². The van der Waals surface area contributed by atoms with Gasteiger partial charge in [-0.15, -0.1) is 0 Å². The van der Waals surface area contributed by atoms with Crippen molar-refractivity contribution in [1.82, 2.24) is 15.3 Å². The van der Waals surface area contributed by atoms with Crippen molar-refractivity contribution in [2.45, 2.75) is 32.3 Å². The van der Waals surface area contributed by atoms with Crippen LogP contribution < -0.4 is 11.1 Å². The van der Waals surface area contributed by atoms with E-state index in [2.05, 4.69) is 15.3 Å². The summed E-state index contributed by atoms with van der Waals surface area (Å²) >= 11 is 0. The predicted molar refractivity (Wildman–Crippen MR) is 68.1 cm³/mol. The number of carbonyl (C=O) groups excluding carboxylic acids is 1. The predicted octanol–water partition coefficient (Wildman–Crippen LogP) is 1.04. The van der Waals surface area contributed by atoms with E-state index in [1.165, 1.54) is 6.33 Å². The van der Waals surface area contributed by atoms with Gasteiger partial charge >= 0.3 is 6.09 Å². The summed E-state index contributed by atoms with van der Waals surface area (Å²) in [5.41, 5.74) is 6.07. The van der Waals surface area contributed by atoms with Crippen molar-refractivity contribution in [2.75, 3.05) is 13.1 Å². The molecule has 0 saturated carbocycles. The van der Waals surface area contributed by atoms with E-state index in [4.69, 9.17) is 10.5 Å². The minimum absolute atomic E-state index is 0.0151. The highest BCUT2D eigenvalue weighted by Gasteiger charge is 2.17. The van der Waals surface area contributed by atoms with Crippen molar-refractivity contribution in [3.8, 4) is 0 Å². The standard InChI is InChI=1S/C12H20N4O2/c1-12(2,3)18-11(17)16-7-9(4-13)10-5-14-8-15-6-10/h5-6,8-9H,4,7,13H2,1-3H3,(H,16,17). The van der Waals surface area contributed by atoms with Gasteiger partial charge < -0.3 is 15.8 Å². The van der Waals surface area contributed by atoms with Gasteiger partial charge in [0.25, 0.3) is 0 Å². The van der Waals surface area contributed by atoms with Crippen molar-refractivity contribution < 1.29 is 9.53 Å². The molecule has 1 aromatic heterocycles. The second-order valence-electron chi connectivity index (χ2n) is 4.99. The summed E-state index contributed by atoms with van der Waals surface area (Å²) in [6.07, 6.45) is 4.40. The molecule has 0 bridgehead atoms. The molecule has 0 saturated heterocycles. The number of ether oxygens (including phenoxy) is 1. The van der Waals surface area contributed by atoms with Crippen LogP contribution in [-0.4, -0.2) is 34.8 Å². The maximum Gasteiger partial charge on any atom is 0.407 e. The lowest BCUT2D eigenvalue weighted by Crippen LogP contribution is -2.36. The Morgan fingerprint density at radius 3 is 2.56 bits per heavy atom. The molecule has 6 heteroatoms.